The largest absolute Gasteiger partial charge is 0.322 e. The summed E-state index contributed by atoms with van der Waals surface area (Å²) < 4.78 is 26.4. The minimum absolute atomic E-state index is 0.0100. The van der Waals surface area contributed by atoms with Crippen molar-refractivity contribution in [3.8, 4) is 0 Å². The zero-order chi connectivity index (χ0) is 14.7. The number of hydrogen-bond donors (Lipinski definition) is 1. The highest BCUT2D eigenvalue weighted by Crippen LogP contribution is 2.26. The number of hydrogen-bond acceptors (Lipinski definition) is 2. The minimum Gasteiger partial charge on any atom is -0.322 e. The van der Waals surface area contributed by atoms with E-state index in [2.05, 4.69) is 12.2 Å². The fraction of sp³-hybridized carbons (Fsp3) is 0.533. The topological polar surface area (TPSA) is 32.3 Å². The van der Waals surface area contributed by atoms with Crippen molar-refractivity contribution in [1.82, 2.24) is 10.2 Å². The molecule has 2 atom stereocenters. The Labute approximate surface area is 118 Å². The first-order valence-corrected chi connectivity index (χ1v) is 7.06. The molecule has 1 aromatic carbocycles. The molecular formula is C15H20F2N2O. The van der Waals surface area contributed by atoms with Crippen LogP contribution < -0.4 is 5.32 Å². The molecule has 20 heavy (non-hydrogen) atoms. The van der Waals surface area contributed by atoms with E-state index < -0.39 is 11.6 Å². The number of unbranched alkanes of at least 4 members (excludes halogenated alkanes) is 2. The van der Waals surface area contributed by atoms with E-state index in [9.17, 15) is 13.6 Å². The molecule has 3 nitrogen and oxygen atoms in total. The molecule has 1 aromatic rings. The summed E-state index contributed by atoms with van der Waals surface area (Å²) in [5, 5.41) is 3.13. The Morgan fingerprint density at radius 2 is 2.00 bits per heavy atom. The van der Waals surface area contributed by atoms with Gasteiger partial charge in [-0.05, 0) is 31.0 Å². The fourth-order valence-corrected chi connectivity index (χ4v) is 2.50. The van der Waals surface area contributed by atoms with Gasteiger partial charge in [0.05, 0.1) is 6.04 Å². The second-order valence-corrected chi connectivity index (χ2v) is 5.20. The summed E-state index contributed by atoms with van der Waals surface area (Å²) >= 11 is 0. The highest BCUT2D eigenvalue weighted by atomic mass is 19.2. The SMILES string of the molecule is CCCCCN1C(=O)C(C)NC1c1ccc(F)c(F)c1. The van der Waals surface area contributed by atoms with Gasteiger partial charge in [-0.25, -0.2) is 8.78 Å². The van der Waals surface area contributed by atoms with Crippen LogP contribution in [-0.2, 0) is 4.79 Å². The first-order chi connectivity index (χ1) is 9.54. The lowest BCUT2D eigenvalue weighted by atomic mass is 10.1. The Bertz CT molecular complexity index is 493. The molecule has 110 valence electrons. The standard InChI is InChI=1S/C15H20F2N2O/c1-3-4-5-8-19-14(18-10(2)15(19)20)11-6-7-12(16)13(17)9-11/h6-7,9-10,14,18H,3-5,8H2,1-2H3. The molecule has 0 aromatic heterocycles. The second kappa shape index (κ2) is 6.31. The molecule has 1 fully saturated rings. The first kappa shape index (κ1) is 14.9. The number of nitrogens with zero attached hydrogens (tertiary/aromatic N) is 1. The predicted molar refractivity (Wildman–Crippen MR) is 72.9 cm³/mol. The summed E-state index contributed by atoms with van der Waals surface area (Å²) in [5.41, 5.74) is 0.582. The average Bonchev–Trinajstić information content (AvgIpc) is 2.70. The van der Waals surface area contributed by atoms with Crippen LogP contribution in [0, 0.1) is 11.6 Å². The van der Waals surface area contributed by atoms with Crippen LogP contribution in [0.25, 0.3) is 0 Å². The van der Waals surface area contributed by atoms with Crippen molar-refractivity contribution < 1.29 is 13.6 Å². The van der Waals surface area contributed by atoms with Crippen LogP contribution in [0.15, 0.2) is 18.2 Å². The van der Waals surface area contributed by atoms with Crippen LogP contribution in [0.3, 0.4) is 0 Å². The van der Waals surface area contributed by atoms with Gasteiger partial charge in [0.1, 0.15) is 6.17 Å². The molecular weight excluding hydrogens is 262 g/mol. The van der Waals surface area contributed by atoms with Gasteiger partial charge in [0.25, 0.3) is 0 Å². The maximum atomic E-state index is 13.4. The van der Waals surface area contributed by atoms with Crippen molar-refractivity contribution >= 4 is 5.91 Å². The van der Waals surface area contributed by atoms with Crippen LogP contribution in [0.5, 0.6) is 0 Å². The van der Waals surface area contributed by atoms with Gasteiger partial charge in [-0.3, -0.25) is 10.1 Å². The molecule has 1 amide bonds. The normalized spacial score (nSPS) is 22.6. The Balaban J connectivity index is 2.18. The quantitative estimate of drug-likeness (QED) is 0.842. The van der Waals surface area contributed by atoms with Crippen LogP contribution in [0.1, 0.15) is 44.8 Å². The molecule has 2 rings (SSSR count). The van der Waals surface area contributed by atoms with E-state index in [1.54, 1.807) is 11.8 Å². The molecule has 1 aliphatic rings. The van der Waals surface area contributed by atoms with Crippen molar-refractivity contribution in [3.63, 3.8) is 0 Å². The molecule has 1 heterocycles. The Hall–Kier alpha value is -1.49. The first-order valence-electron chi connectivity index (χ1n) is 7.06. The third-order valence-electron chi connectivity index (χ3n) is 3.64. The van der Waals surface area contributed by atoms with Crippen molar-refractivity contribution in [3.05, 3.63) is 35.4 Å². The Morgan fingerprint density at radius 3 is 2.65 bits per heavy atom. The maximum absolute atomic E-state index is 13.4. The number of rotatable bonds is 5. The van der Waals surface area contributed by atoms with E-state index in [1.807, 2.05) is 0 Å². The smallest absolute Gasteiger partial charge is 0.241 e. The molecule has 5 heteroatoms. The van der Waals surface area contributed by atoms with Gasteiger partial charge in [-0.2, -0.15) is 0 Å². The van der Waals surface area contributed by atoms with Crippen molar-refractivity contribution in [2.45, 2.75) is 45.3 Å². The van der Waals surface area contributed by atoms with Gasteiger partial charge >= 0.3 is 0 Å². The highest BCUT2D eigenvalue weighted by Gasteiger charge is 2.36. The monoisotopic (exact) mass is 282 g/mol. The van der Waals surface area contributed by atoms with E-state index >= 15 is 0 Å². The van der Waals surface area contributed by atoms with Crippen molar-refractivity contribution in [2.75, 3.05) is 6.54 Å². The number of amides is 1. The maximum Gasteiger partial charge on any atom is 0.241 e. The lowest BCUT2D eigenvalue weighted by Gasteiger charge is -2.24. The zero-order valence-electron chi connectivity index (χ0n) is 11.8. The summed E-state index contributed by atoms with van der Waals surface area (Å²) in [6.45, 7) is 4.52. The molecule has 0 radical (unpaired) electrons. The number of benzene rings is 1. The van der Waals surface area contributed by atoms with Crippen LogP contribution in [0.2, 0.25) is 0 Å². The lowest BCUT2D eigenvalue weighted by Crippen LogP contribution is -2.31. The van der Waals surface area contributed by atoms with Crippen LogP contribution in [0.4, 0.5) is 8.78 Å². The van der Waals surface area contributed by atoms with Gasteiger partial charge in [0.2, 0.25) is 5.91 Å². The molecule has 2 unspecified atom stereocenters. The van der Waals surface area contributed by atoms with Crippen molar-refractivity contribution in [2.24, 2.45) is 0 Å². The summed E-state index contributed by atoms with van der Waals surface area (Å²) in [5.74, 6) is -1.75. The third kappa shape index (κ3) is 2.98. The van der Waals surface area contributed by atoms with Crippen LogP contribution >= 0.6 is 0 Å². The van der Waals surface area contributed by atoms with Gasteiger partial charge in [0.15, 0.2) is 11.6 Å². The number of carbonyl (C=O) groups excluding carboxylic acids is 1. The van der Waals surface area contributed by atoms with E-state index in [-0.39, 0.29) is 18.1 Å². The average molecular weight is 282 g/mol. The minimum atomic E-state index is -0.884. The fourth-order valence-electron chi connectivity index (χ4n) is 2.50. The molecule has 1 saturated heterocycles. The second-order valence-electron chi connectivity index (χ2n) is 5.20. The van der Waals surface area contributed by atoms with Gasteiger partial charge in [-0.1, -0.05) is 25.8 Å². The zero-order valence-corrected chi connectivity index (χ0v) is 11.8. The number of carbonyl (C=O) groups is 1. The summed E-state index contributed by atoms with van der Waals surface area (Å²) in [6.07, 6.45) is 2.66. The summed E-state index contributed by atoms with van der Waals surface area (Å²) in [6, 6.07) is 3.48. The third-order valence-corrected chi connectivity index (χ3v) is 3.64. The van der Waals surface area contributed by atoms with Crippen LogP contribution in [-0.4, -0.2) is 23.4 Å². The van der Waals surface area contributed by atoms with E-state index in [1.165, 1.54) is 6.07 Å². The molecule has 0 spiro atoms. The number of nitrogens with one attached hydrogen (secondary N) is 1. The highest BCUT2D eigenvalue weighted by molar-refractivity contribution is 5.84. The summed E-state index contributed by atoms with van der Waals surface area (Å²) in [4.78, 5) is 13.8. The molecule has 0 saturated carbocycles. The van der Waals surface area contributed by atoms with E-state index in [4.69, 9.17) is 0 Å². The molecule has 0 aliphatic carbocycles. The predicted octanol–water partition coefficient (Wildman–Crippen LogP) is 2.97. The molecule has 0 bridgehead atoms. The Kier molecular flexibility index (Phi) is 4.70. The Morgan fingerprint density at radius 1 is 1.25 bits per heavy atom. The van der Waals surface area contributed by atoms with E-state index in [0.29, 0.717) is 12.1 Å². The number of halogens is 2. The van der Waals surface area contributed by atoms with E-state index in [0.717, 1.165) is 31.4 Å². The van der Waals surface area contributed by atoms with Gasteiger partial charge < -0.3 is 4.90 Å². The van der Waals surface area contributed by atoms with Gasteiger partial charge in [0, 0.05) is 6.54 Å². The van der Waals surface area contributed by atoms with Crippen molar-refractivity contribution in [1.29, 1.82) is 0 Å². The molecule has 1 N–H and O–H groups in total. The lowest BCUT2D eigenvalue weighted by molar-refractivity contribution is -0.129. The summed E-state index contributed by atoms with van der Waals surface area (Å²) in [7, 11) is 0. The van der Waals surface area contributed by atoms with Gasteiger partial charge in [-0.15, -0.1) is 0 Å². The molecule has 1 aliphatic heterocycles.